The number of hydrogen-bond acceptors (Lipinski definition) is 5. The van der Waals surface area contributed by atoms with Crippen LogP contribution in [0.3, 0.4) is 0 Å². The standard InChI is InChI=1S/C16H16N4O2/c1-11-18-15(22-19-11)14-7-2-3-8-20(14)16(21)13-6-4-5-12(9-13)10-17/h4-6,9,14H,2-3,7-8H2,1H3/t14-/m1/s1. The average molecular weight is 296 g/mol. The zero-order chi connectivity index (χ0) is 15.5. The number of nitrogens with zero attached hydrogens (tertiary/aromatic N) is 4. The summed E-state index contributed by atoms with van der Waals surface area (Å²) < 4.78 is 5.26. The number of nitriles is 1. The van der Waals surface area contributed by atoms with Crippen molar-refractivity contribution in [3.05, 3.63) is 47.1 Å². The number of piperidine rings is 1. The van der Waals surface area contributed by atoms with Crippen LogP contribution in [0.1, 0.15) is 52.9 Å². The van der Waals surface area contributed by atoms with Gasteiger partial charge < -0.3 is 9.42 Å². The Bertz CT molecular complexity index is 732. The van der Waals surface area contributed by atoms with Crippen LogP contribution in [0, 0.1) is 18.3 Å². The van der Waals surface area contributed by atoms with Gasteiger partial charge in [0.2, 0.25) is 5.89 Å². The van der Waals surface area contributed by atoms with Crippen molar-refractivity contribution in [1.82, 2.24) is 15.0 Å². The number of benzene rings is 1. The Morgan fingerprint density at radius 3 is 3.05 bits per heavy atom. The summed E-state index contributed by atoms with van der Waals surface area (Å²) in [5.41, 5.74) is 0.996. The van der Waals surface area contributed by atoms with Crippen molar-refractivity contribution < 1.29 is 9.32 Å². The van der Waals surface area contributed by atoms with Crippen LogP contribution in [-0.4, -0.2) is 27.5 Å². The Hall–Kier alpha value is -2.68. The first-order valence-electron chi connectivity index (χ1n) is 7.30. The van der Waals surface area contributed by atoms with Crippen molar-refractivity contribution in [1.29, 1.82) is 5.26 Å². The molecule has 1 fully saturated rings. The average Bonchev–Trinajstić information content (AvgIpc) is 3.00. The Balaban J connectivity index is 1.90. The monoisotopic (exact) mass is 296 g/mol. The van der Waals surface area contributed by atoms with Gasteiger partial charge in [-0.3, -0.25) is 4.79 Å². The number of likely N-dealkylation sites (tertiary alicyclic amines) is 1. The van der Waals surface area contributed by atoms with E-state index in [4.69, 9.17) is 9.78 Å². The molecule has 1 amide bonds. The van der Waals surface area contributed by atoms with Gasteiger partial charge in [0.1, 0.15) is 6.04 Å². The van der Waals surface area contributed by atoms with Gasteiger partial charge in [0, 0.05) is 12.1 Å². The van der Waals surface area contributed by atoms with Gasteiger partial charge in [0.25, 0.3) is 5.91 Å². The van der Waals surface area contributed by atoms with E-state index in [-0.39, 0.29) is 11.9 Å². The van der Waals surface area contributed by atoms with Crippen LogP contribution in [0.4, 0.5) is 0 Å². The lowest BCUT2D eigenvalue weighted by molar-refractivity contribution is 0.0561. The lowest BCUT2D eigenvalue weighted by Gasteiger charge is -2.33. The van der Waals surface area contributed by atoms with Crippen molar-refractivity contribution in [3.8, 4) is 6.07 Å². The second kappa shape index (κ2) is 5.98. The number of aryl methyl sites for hydroxylation is 1. The van der Waals surface area contributed by atoms with Gasteiger partial charge >= 0.3 is 0 Å². The number of carbonyl (C=O) groups excluding carboxylic acids is 1. The molecule has 1 atom stereocenters. The summed E-state index contributed by atoms with van der Waals surface area (Å²) in [5, 5.41) is 12.8. The van der Waals surface area contributed by atoms with Crippen LogP contribution in [0.25, 0.3) is 0 Å². The van der Waals surface area contributed by atoms with Crippen molar-refractivity contribution >= 4 is 5.91 Å². The zero-order valence-electron chi connectivity index (χ0n) is 12.3. The van der Waals surface area contributed by atoms with Crippen LogP contribution in [-0.2, 0) is 0 Å². The molecule has 0 unspecified atom stereocenters. The molecule has 22 heavy (non-hydrogen) atoms. The van der Waals surface area contributed by atoms with E-state index in [2.05, 4.69) is 16.2 Å². The van der Waals surface area contributed by atoms with Gasteiger partial charge in [-0.2, -0.15) is 10.2 Å². The number of hydrogen-bond donors (Lipinski definition) is 0. The quantitative estimate of drug-likeness (QED) is 0.850. The van der Waals surface area contributed by atoms with Crippen molar-refractivity contribution in [2.75, 3.05) is 6.54 Å². The predicted molar refractivity (Wildman–Crippen MR) is 77.8 cm³/mol. The molecule has 6 nitrogen and oxygen atoms in total. The van der Waals surface area contributed by atoms with Crippen molar-refractivity contribution in [3.63, 3.8) is 0 Å². The number of rotatable bonds is 2. The summed E-state index contributed by atoms with van der Waals surface area (Å²) in [5.74, 6) is 0.957. The van der Waals surface area contributed by atoms with E-state index in [1.165, 1.54) is 0 Å². The zero-order valence-corrected chi connectivity index (χ0v) is 12.3. The summed E-state index contributed by atoms with van der Waals surface area (Å²) in [7, 11) is 0. The molecule has 1 saturated heterocycles. The Kier molecular flexibility index (Phi) is 3.88. The van der Waals surface area contributed by atoms with E-state index in [0.29, 0.717) is 29.4 Å². The van der Waals surface area contributed by atoms with Crippen LogP contribution in [0.15, 0.2) is 28.8 Å². The molecule has 0 bridgehead atoms. The highest BCUT2D eigenvalue weighted by Crippen LogP contribution is 2.31. The van der Waals surface area contributed by atoms with Gasteiger partial charge in [0.05, 0.1) is 11.6 Å². The van der Waals surface area contributed by atoms with E-state index in [0.717, 1.165) is 19.3 Å². The van der Waals surface area contributed by atoms with E-state index in [1.54, 1.807) is 36.1 Å². The van der Waals surface area contributed by atoms with Crippen molar-refractivity contribution in [2.45, 2.75) is 32.2 Å². The maximum atomic E-state index is 12.8. The molecule has 2 aromatic rings. The third-order valence-corrected chi connectivity index (χ3v) is 3.83. The van der Waals surface area contributed by atoms with E-state index < -0.39 is 0 Å². The fraction of sp³-hybridized carbons (Fsp3) is 0.375. The molecule has 0 N–H and O–H groups in total. The minimum atomic E-state index is -0.187. The molecule has 1 aliphatic rings. The van der Waals surface area contributed by atoms with Crippen LogP contribution in [0.5, 0.6) is 0 Å². The van der Waals surface area contributed by atoms with E-state index in [9.17, 15) is 4.79 Å². The summed E-state index contributed by atoms with van der Waals surface area (Å²) in [6.45, 7) is 2.42. The van der Waals surface area contributed by atoms with Crippen LogP contribution >= 0.6 is 0 Å². The summed E-state index contributed by atoms with van der Waals surface area (Å²) in [4.78, 5) is 18.8. The topological polar surface area (TPSA) is 83.0 Å². The van der Waals surface area contributed by atoms with Gasteiger partial charge in [-0.25, -0.2) is 0 Å². The predicted octanol–water partition coefficient (Wildman–Crippen LogP) is 2.62. The van der Waals surface area contributed by atoms with Crippen LogP contribution < -0.4 is 0 Å². The molecule has 6 heteroatoms. The minimum Gasteiger partial charge on any atom is -0.337 e. The van der Waals surface area contributed by atoms with Gasteiger partial charge in [-0.05, 0) is 44.4 Å². The maximum Gasteiger partial charge on any atom is 0.254 e. The first-order valence-corrected chi connectivity index (χ1v) is 7.30. The molecule has 2 heterocycles. The molecular weight excluding hydrogens is 280 g/mol. The molecule has 0 saturated carbocycles. The highest BCUT2D eigenvalue weighted by Gasteiger charge is 2.32. The SMILES string of the molecule is Cc1noc([C@H]2CCCCN2C(=O)c2cccc(C#N)c2)n1. The fourth-order valence-electron chi connectivity index (χ4n) is 2.77. The molecule has 1 aliphatic heterocycles. The summed E-state index contributed by atoms with van der Waals surface area (Å²) >= 11 is 0. The number of amides is 1. The second-order valence-corrected chi connectivity index (χ2v) is 5.38. The smallest absolute Gasteiger partial charge is 0.254 e. The number of aromatic nitrogens is 2. The number of carbonyl (C=O) groups is 1. The van der Waals surface area contributed by atoms with E-state index in [1.807, 2.05) is 0 Å². The summed E-state index contributed by atoms with van der Waals surface area (Å²) in [6, 6.07) is 8.63. The van der Waals surface area contributed by atoms with Crippen LogP contribution in [0.2, 0.25) is 0 Å². The largest absolute Gasteiger partial charge is 0.337 e. The van der Waals surface area contributed by atoms with Crippen molar-refractivity contribution in [2.24, 2.45) is 0 Å². The molecule has 0 spiro atoms. The summed E-state index contributed by atoms with van der Waals surface area (Å²) in [6.07, 6.45) is 2.78. The molecule has 1 aromatic carbocycles. The normalized spacial score (nSPS) is 18.0. The molecular formula is C16H16N4O2. The van der Waals surface area contributed by atoms with Gasteiger partial charge in [-0.15, -0.1) is 0 Å². The highest BCUT2D eigenvalue weighted by atomic mass is 16.5. The molecule has 0 radical (unpaired) electrons. The lowest BCUT2D eigenvalue weighted by Crippen LogP contribution is -2.38. The third kappa shape index (κ3) is 2.70. The fourth-order valence-corrected chi connectivity index (χ4v) is 2.77. The van der Waals surface area contributed by atoms with Gasteiger partial charge in [0.15, 0.2) is 5.82 Å². The Morgan fingerprint density at radius 2 is 2.32 bits per heavy atom. The lowest BCUT2D eigenvalue weighted by atomic mass is 10.00. The Labute approximate surface area is 128 Å². The maximum absolute atomic E-state index is 12.8. The second-order valence-electron chi connectivity index (χ2n) is 5.38. The molecule has 112 valence electrons. The highest BCUT2D eigenvalue weighted by molar-refractivity contribution is 5.94. The first-order chi connectivity index (χ1) is 10.7. The third-order valence-electron chi connectivity index (χ3n) is 3.83. The first kappa shape index (κ1) is 14.3. The minimum absolute atomic E-state index is 0.0994. The molecule has 3 rings (SSSR count). The Morgan fingerprint density at radius 1 is 1.45 bits per heavy atom. The van der Waals surface area contributed by atoms with Gasteiger partial charge in [-0.1, -0.05) is 11.2 Å². The molecule has 1 aromatic heterocycles. The van der Waals surface area contributed by atoms with E-state index >= 15 is 0 Å². The molecule has 0 aliphatic carbocycles.